The average molecular weight is 147 g/mol. The second-order valence-electron chi connectivity index (χ2n) is 0. The Kier molecular flexibility index (Phi) is 183. The van der Waals surface area contributed by atoms with Gasteiger partial charge >= 0.3 is 18.9 Å². The number of rotatable bonds is 0. The van der Waals surface area contributed by atoms with Crippen molar-refractivity contribution in [3.8, 4) is 0 Å². The summed E-state index contributed by atoms with van der Waals surface area (Å²) in [5.74, 6) is 0. The normalized spacial score (nSPS) is 0. The molecule has 0 bridgehead atoms. The zero-order chi connectivity index (χ0) is 0. The Morgan fingerprint density at radius 2 is 1.00 bits per heavy atom. The van der Waals surface area contributed by atoms with Crippen LogP contribution in [0, 0.1) is 0 Å². The summed E-state index contributed by atoms with van der Waals surface area (Å²) in [6, 6.07) is 0. The zero-order valence-electron chi connectivity index (χ0n) is 0.833. The van der Waals surface area contributed by atoms with Gasteiger partial charge in [-0.3, -0.25) is 0 Å². The van der Waals surface area contributed by atoms with Gasteiger partial charge in [-0.1, -0.05) is 0 Å². The molecule has 4 heavy (non-hydrogen) atoms. The van der Waals surface area contributed by atoms with Crippen molar-refractivity contribution >= 4 is 29.8 Å². The molecule has 0 spiro atoms. The standard InChI is InChI=1S/Co.Li.H4Si.Ti.H/h;;1H4;;. The van der Waals surface area contributed by atoms with Crippen LogP contribution in [0.15, 0.2) is 0 Å². The fraction of sp³-hybridized carbons (Fsp3) is 0. The fourth-order valence-electron chi connectivity index (χ4n) is 0. The first-order valence-corrected chi connectivity index (χ1v) is 0. The van der Waals surface area contributed by atoms with E-state index in [1.54, 1.807) is 0 Å². The SMILES string of the molecule is [Co].[LiH].[SiH4].[Ti]. The van der Waals surface area contributed by atoms with Crippen molar-refractivity contribution in [1.82, 2.24) is 0 Å². The van der Waals surface area contributed by atoms with Gasteiger partial charge in [0.15, 0.2) is 0 Å². The van der Waals surface area contributed by atoms with Gasteiger partial charge in [0.1, 0.15) is 0 Å². The molecule has 0 aliphatic heterocycles. The Balaban J connectivity index is 0. The van der Waals surface area contributed by atoms with E-state index < -0.39 is 0 Å². The van der Waals surface area contributed by atoms with E-state index in [4.69, 9.17) is 0 Å². The van der Waals surface area contributed by atoms with Crippen LogP contribution in [-0.2, 0) is 38.5 Å². The largest absolute Gasteiger partial charge is 0.0149 e. The van der Waals surface area contributed by atoms with E-state index >= 15 is 0 Å². The minimum Gasteiger partial charge on any atom is -0.0149 e. The third kappa shape index (κ3) is 8.97. The second kappa shape index (κ2) is 19.8. The smallest absolute Gasteiger partial charge is 0 e. The van der Waals surface area contributed by atoms with Crippen molar-refractivity contribution in [3.05, 3.63) is 0 Å². The summed E-state index contributed by atoms with van der Waals surface area (Å²) in [5, 5.41) is 0. The predicted octanol–water partition coefficient (Wildman–Crippen LogP) is -2.11. The van der Waals surface area contributed by atoms with Gasteiger partial charge in [0.2, 0.25) is 0 Å². The maximum absolute atomic E-state index is 0. The summed E-state index contributed by atoms with van der Waals surface area (Å²) in [5.41, 5.74) is 0. The molecule has 1 radical (unpaired) electrons. The first-order valence-electron chi connectivity index (χ1n) is 0. The zero-order valence-corrected chi connectivity index (χ0v) is 3.44. The molecule has 0 rings (SSSR count). The van der Waals surface area contributed by atoms with E-state index in [1.165, 1.54) is 0 Å². The van der Waals surface area contributed by atoms with E-state index in [-0.39, 0.29) is 68.3 Å². The molecule has 0 aliphatic rings. The van der Waals surface area contributed by atoms with Crippen molar-refractivity contribution in [2.75, 3.05) is 0 Å². The molecular weight excluding hydrogens is 142 g/mol. The molecule has 0 saturated heterocycles. The third-order valence-electron chi connectivity index (χ3n) is 0. The molecule has 0 unspecified atom stereocenters. The Labute approximate surface area is 67.8 Å². The van der Waals surface area contributed by atoms with E-state index in [0.29, 0.717) is 0 Å². The van der Waals surface area contributed by atoms with Crippen LogP contribution in [0.5, 0.6) is 0 Å². The van der Waals surface area contributed by atoms with E-state index in [1.807, 2.05) is 0 Å². The number of hydrogen-bond donors (Lipinski definition) is 0. The van der Waals surface area contributed by atoms with Crippen LogP contribution in [-0.4, -0.2) is 29.8 Å². The van der Waals surface area contributed by atoms with Gasteiger partial charge in [0, 0.05) is 38.5 Å². The molecule has 0 aromatic carbocycles. The van der Waals surface area contributed by atoms with Gasteiger partial charge in [0.05, 0.1) is 0 Å². The summed E-state index contributed by atoms with van der Waals surface area (Å²) >= 11 is 0. The monoisotopic (exact) mass is 147 g/mol. The minimum absolute atomic E-state index is 0. The minimum atomic E-state index is 0. The van der Waals surface area contributed by atoms with Gasteiger partial charge in [-0.25, -0.2) is 0 Å². The Morgan fingerprint density at radius 3 is 1.00 bits per heavy atom. The molecule has 4 heteroatoms. The summed E-state index contributed by atoms with van der Waals surface area (Å²) in [6.07, 6.45) is 0. The van der Waals surface area contributed by atoms with Crippen LogP contribution in [0.25, 0.3) is 0 Å². The van der Waals surface area contributed by atoms with Gasteiger partial charge < -0.3 is 0 Å². The van der Waals surface area contributed by atoms with Crippen LogP contribution in [0.1, 0.15) is 0 Å². The molecule has 0 aromatic rings. The van der Waals surface area contributed by atoms with Crippen molar-refractivity contribution in [2.45, 2.75) is 0 Å². The molecule has 0 atom stereocenters. The predicted molar refractivity (Wildman–Crippen MR) is 18.5 cm³/mol. The van der Waals surface area contributed by atoms with Gasteiger partial charge in [-0.15, -0.1) is 0 Å². The fourth-order valence-corrected chi connectivity index (χ4v) is 0. The Hall–Kier alpha value is 2.04. The first-order chi connectivity index (χ1) is 0. The summed E-state index contributed by atoms with van der Waals surface area (Å²) in [4.78, 5) is 0. The molecule has 0 fully saturated rings. The average Bonchev–Trinajstić information content (AvgIpc) is 0. The molecule has 23 valence electrons. The van der Waals surface area contributed by atoms with Crippen molar-refractivity contribution in [3.63, 3.8) is 0 Å². The first kappa shape index (κ1) is 36.9. The maximum Gasteiger partial charge on any atom is 0 e. The van der Waals surface area contributed by atoms with Crippen LogP contribution in [0.4, 0.5) is 0 Å². The summed E-state index contributed by atoms with van der Waals surface area (Å²) in [6.45, 7) is 0. The maximum atomic E-state index is 0. The topological polar surface area (TPSA) is 0 Å². The van der Waals surface area contributed by atoms with Gasteiger partial charge in [-0.2, -0.15) is 0 Å². The molecule has 0 amide bonds. The van der Waals surface area contributed by atoms with E-state index in [9.17, 15) is 0 Å². The van der Waals surface area contributed by atoms with Crippen LogP contribution >= 0.6 is 0 Å². The van der Waals surface area contributed by atoms with Gasteiger partial charge in [0.25, 0.3) is 0 Å². The second-order valence-corrected chi connectivity index (χ2v) is 0. The molecule has 0 heterocycles. The van der Waals surface area contributed by atoms with Crippen LogP contribution in [0.3, 0.4) is 0 Å². The van der Waals surface area contributed by atoms with Crippen LogP contribution < -0.4 is 0 Å². The van der Waals surface area contributed by atoms with Crippen molar-refractivity contribution in [1.29, 1.82) is 0 Å². The molecule has 0 aromatic heterocycles. The quantitative estimate of drug-likeness (QED) is 0.344. The number of hydrogen-bond acceptors (Lipinski definition) is 0. The van der Waals surface area contributed by atoms with E-state index in [2.05, 4.69) is 0 Å². The van der Waals surface area contributed by atoms with Crippen molar-refractivity contribution in [2.24, 2.45) is 0 Å². The van der Waals surface area contributed by atoms with E-state index in [0.717, 1.165) is 0 Å². The Bertz CT molecular complexity index is 8.00. The summed E-state index contributed by atoms with van der Waals surface area (Å²) < 4.78 is 0. The van der Waals surface area contributed by atoms with Crippen LogP contribution in [0.2, 0.25) is 0 Å². The molecular formula is H5CoLiSiTi. The molecule has 0 saturated carbocycles. The third-order valence-corrected chi connectivity index (χ3v) is 0. The van der Waals surface area contributed by atoms with Gasteiger partial charge in [-0.05, 0) is 11.0 Å². The summed E-state index contributed by atoms with van der Waals surface area (Å²) in [7, 11) is 0. The molecule has 0 N–H and O–H groups in total. The van der Waals surface area contributed by atoms with Crippen molar-refractivity contribution < 1.29 is 38.5 Å². The Morgan fingerprint density at radius 1 is 1.00 bits per heavy atom. The molecule has 0 aliphatic carbocycles. The molecule has 0 nitrogen and oxygen atoms in total.